The first-order valence-corrected chi connectivity index (χ1v) is 6.41. The number of hydrogen-bond donors (Lipinski definition) is 1. The zero-order valence-electron chi connectivity index (χ0n) is 11.3. The number of nitrogens with one attached hydrogen (secondary N) is 1. The minimum atomic E-state index is -0.00123. The molecule has 0 bridgehead atoms. The van der Waals surface area contributed by atoms with Gasteiger partial charge in [0.15, 0.2) is 0 Å². The summed E-state index contributed by atoms with van der Waals surface area (Å²) in [6.45, 7) is 4.03. The van der Waals surface area contributed by atoms with E-state index < -0.39 is 0 Å². The van der Waals surface area contributed by atoms with Crippen LogP contribution >= 0.6 is 0 Å². The van der Waals surface area contributed by atoms with Crippen molar-refractivity contribution in [3.8, 4) is 0 Å². The van der Waals surface area contributed by atoms with Crippen LogP contribution in [0.3, 0.4) is 0 Å². The molecular formula is C16H18N2O. The van der Waals surface area contributed by atoms with Gasteiger partial charge >= 0.3 is 0 Å². The minimum absolute atomic E-state index is 0.00123. The zero-order chi connectivity index (χ0) is 13.7. The van der Waals surface area contributed by atoms with E-state index in [4.69, 9.17) is 0 Å². The number of benzene rings is 1. The molecule has 2 rings (SSSR count). The maximum atomic E-state index is 11.8. The monoisotopic (exact) mass is 254 g/mol. The number of pyridine rings is 1. The van der Waals surface area contributed by atoms with E-state index in [1.807, 2.05) is 19.1 Å². The average Bonchev–Trinajstić information content (AvgIpc) is 2.38. The topological polar surface area (TPSA) is 42.0 Å². The largest absolute Gasteiger partial charge is 0.311 e. The Labute approximate surface area is 113 Å². The Morgan fingerprint density at radius 2 is 1.84 bits per heavy atom. The van der Waals surface area contributed by atoms with Crippen molar-refractivity contribution in [3.63, 3.8) is 0 Å². The third-order valence-corrected chi connectivity index (χ3v) is 2.94. The van der Waals surface area contributed by atoms with Gasteiger partial charge in [-0.2, -0.15) is 0 Å². The Kier molecular flexibility index (Phi) is 4.29. The van der Waals surface area contributed by atoms with Crippen LogP contribution in [0.4, 0.5) is 5.82 Å². The lowest BCUT2D eigenvalue weighted by atomic mass is 10.1. The summed E-state index contributed by atoms with van der Waals surface area (Å²) in [5.74, 6) is 0.618. The van der Waals surface area contributed by atoms with Crippen molar-refractivity contribution in [2.24, 2.45) is 0 Å². The van der Waals surface area contributed by atoms with Crippen molar-refractivity contribution in [1.82, 2.24) is 4.98 Å². The number of aromatic nitrogens is 1. The SMILES string of the molecule is Cc1ccc(CCC(=O)Nc2cc(C)ccn2)cc1. The highest BCUT2D eigenvalue weighted by Crippen LogP contribution is 2.08. The highest BCUT2D eigenvalue weighted by molar-refractivity contribution is 5.89. The molecule has 0 aliphatic heterocycles. The Bertz CT molecular complexity index is 561. The first-order chi connectivity index (χ1) is 9.13. The van der Waals surface area contributed by atoms with Crippen LogP contribution in [0.25, 0.3) is 0 Å². The Morgan fingerprint density at radius 1 is 1.11 bits per heavy atom. The normalized spacial score (nSPS) is 10.2. The molecule has 0 unspecified atom stereocenters. The van der Waals surface area contributed by atoms with Gasteiger partial charge in [-0.15, -0.1) is 0 Å². The summed E-state index contributed by atoms with van der Waals surface area (Å²) in [5.41, 5.74) is 3.50. The maximum absolute atomic E-state index is 11.8. The number of anilines is 1. The second kappa shape index (κ2) is 6.14. The minimum Gasteiger partial charge on any atom is -0.311 e. The summed E-state index contributed by atoms with van der Waals surface area (Å²) in [6, 6.07) is 12.0. The first kappa shape index (κ1) is 13.3. The standard InChI is InChI=1S/C16H18N2O/c1-12-3-5-14(6-4-12)7-8-16(19)18-15-11-13(2)9-10-17-15/h3-6,9-11H,7-8H2,1-2H3,(H,17,18,19). The smallest absolute Gasteiger partial charge is 0.225 e. The van der Waals surface area contributed by atoms with Gasteiger partial charge in [0.2, 0.25) is 5.91 Å². The lowest BCUT2D eigenvalue weighted by molar-refractivity contribution is -0.116. The van der Waals surface area contributed by atoms with Crippen LogP contribution in [0.15, 0.2) is 42.6 Å². The first-order valence-electron chi connectivity index (χ1n) is 6.41. The zero-order valence-corrected chi connectivity index (χ0v) is 11.3. The van der Waals surface area contributed by atoms with Gasteiger partial charge in [-0.05, 0) is 43.5 Å². The fourth-order valence-corrected chi connectivity index (χ4v) is 1.82. The molecule has 0 aliphatic rings. The van der Waals surface area contributed by atoms with Crippen molar-refractivity contribution < 1.29 is 4.79 Å². The highest BCUT2D eigenvalue weighted by Gasteiger charge is 2.04. The Morgan fingerprint density at radius 3 is 2.53 bits per heavy atom. The van der Waals surface area contributed by atoms with Gasteiger partial charge in [-0.3, -0.25) is 4.79 Å². The molecule has 98 valence electrons. The van der Waals surface area contributed by atoms with Crippen LogP contribution in [-0.4, -0.2) is 10.9 Å². The fourth-order valence-electron chi connectivity index (χ4n) is 1.82. The molecule has 0 spiro atoms. The van der Waals surface area contributed by atoms with E-state index >= 15 is 0 Å². The van der Waals surface area contributed by atoms with E-state index in [1.54, 1.807) is 6.20 Å². The summed E-state index contributed by atoms with van der Waals surface area (Å²) < 4.78 is 0. The van der Waals surface area contributed by atoms with Crippen LogP contribution in [0, 0.1) is 13.8 Å². The molecule has 0 atom stereocenters. The quantitative estimate of drug-likeness (QED) is 0.909. The van der Waals surface area contributed by atoms with Crippen molar-refractivity contribution in [3.05, 3.63) is 59.3 Å². The van der Waals surface area contributed by atoms with E-state index in [1.165, 1.54) is 11.1 Å². The second-order valence-electron chi connectivity index (χ2n) is 4.75. The molecule has 1 aromatic heterocycles. The third-order valence-electron chi connectivity index (χ3n) is 2.94. The number of rotatable bonds is 4. The predicted molar refractivity (Wildman–Crippen MR) is 77.1 cm³/mol. The second-order valence-corrected chi connectivity index (χ2v) is 4.75. The van der Waals surface area contributed by atoms with Crippen molar-refractivity contribution in [1.29, 1.82) is 0 Å². The van der Waals surface area contributed by atoms with Gasteiger partial charge in [0.25, 0.3) is 0 Å². The average molecular weight is 254 g/mol. The van der Waals surface area contributed by atoms with Gasteiger partial charge in [0.05, 0.1) is 0 Å². The summed E-state index contributed by atoms with van der Waals surface area (Å²) in [7, 11) is 0. The van der Waals surface area contributed by atoms with Crippen molar-refractivity contribution in [2.45, 2.75) is 26.7 Å². The molecule has 0 radical (unpaired) electrons. The molecule has 1 amide bonds. The van der Waals surface area contributed by atoms with Crippen LogP contribution in [0.1, 0.15) is 23.1 Å². The van der Waals surface area contributed by atoms with Gasteiger partial charge in [-0.25, -0.2) is 4.98 Å². The molecule has 3 nitrogen and oxygen atoms in total. The van der Waals surface area contributed by atoms with Crippen LogP contribution < -0.4 is 5.32 Å². The fraction of sp³-hybridized carbons (Fsp3) is 0.250. The molecule has 1 heterocycles. The van der Waals surface area contributed by atoms with Gasteiger partial charge < -0.3 is 5.32 Å². The Balaban J connectivity index is 1.86. The molecule has 1 aromatic carbocycles. The molecular weight excluding hydrogens is 236 g/mol. The molecule has 19 heavy (non-hydrogen) atoms. The van der Waals surface area contributed by atoms with E-state index in [9.17, 15) is 4.79 Å². The van der Waals surface area contributed by atoms with Crippen LogP contribution in [-0.2, 0) is 11.2 Å². The summed E-state index contributed by atoms with van der Waals surface area (Å²) in [6.07, 6.45) is 2.92. The highest BCUT2D eigenvalue weighted by atomic mass is 16.1. The molecule has 0 saturated heterocycles. The van der Waals surface area contributed by atoms with Gasteiger partial charge in [0, 0.05) is 12.6 Å². The molecule has 0 saturated carbocycles. The molecule has 2 aromatic rings. The number of carbonyl (C=O) groups is 1. The summed E-state index contributed by atoms with van der Waals surface area (Å²) >= 11 is 0. The van der Waals surface area contributed by atoms with E-state index in [0.717, 1.165) is 12.0 Å². The predicted octanol–water partition coefficient (Wildman–Crippen LogP) is 3.27. The van der Waals surface area contributed by atoms with Crippen molar-refractivity contribution >= 4 is 11.7 Å². The summed E-state index contributed by atoms with van der Waals surface area (Å²) in [4.78, 5) is 15.9. The lowest BCUT2D eigenvalue weighted by Gasteiger charge is -2.05. The number of aryl methyl sites for hydroxylation is 3. The number of amides is 1. The van der Waals surface area contributed by atoms with E-state index in [0.29, 0.717) is 12.2 Å². The van der Waals surface area contributed by atoms with Crippen LogP contribution in [0.5, 0.6) is 0 Å². The third kappa shape index (κ3) is 4.21. The maximum Gasteiger partial charge on any atom is 0.225 e. The van der Waals surface area contributed by atoms with Crippen LogP contribution in [0.2, 0.25) is 0 Å². The van der Waals surface area contributed by atoms with Gasteiger partial charge in [-0.1, -0.05) is 29.8 Å². The summed E-state index contributed by atoms with van der Waals surface area (Å²) in [5, 5.41) is 2.81. The van der Waals surface area contributed by atoms with Crippen molar-refractivity contribution in [2.75, 3.05) is 5.32 Å². The molecule has 3 heteroatoms. The number of carbonyl (C=O) groups excluding carboxylic acids is 1. The van der Waals surface area contributed by atoms with E-state index in [-0.39, 0.29) is 5.91 Å². The Hall–Kier alpha value is -2.16. The van der Waals surface area contributed by atoms with Gasteiger partial charge in [0.1, 0.15) is 5.82 Å². The number of nitrogens with zero attached hydrogens (tertiary/aromatic N) is 1. The molecule has 1 N–H and O–H groups in total. The molecule has 0 fully saturated rings. The number of hydrogen-bond acceptors (Lipinski definition) is 2. The van der Waals surface area contributed by atoms with E-state index in [2.05, 4.69) is 41.5 Å². The molecule has 0 aliphatic carbocycles. The lowest BCUT2D eigenvalue weighted by Crippen LogP contribution is -2.13.